The number of Topliss-reactive ketones (excluding diaryl/α,β-unsaturated/α-hetero) is 1. The fourth-order valence-corrected chi connectivity index (χ4v) is 9.38. The number of aryl methyl sites for hydroxylation is 1. The third kappa shape index (κ3) is 7.46. The van der Waals surface area contributed by atoms with Crippen molar-refractivity contribution in [2.75, 3.05) is 13.1 Å². The van der Waals surface area contributed by atoms with Crippen molar-refractivity contribution in [1.82, 2.24) is 5.32 Å². The fourth-order valence-electron chi connectivity index (χ4n) is 9.38. The first-order valence-corrected chi connectivity index (χ1v) is 19.9. The number of fused-ring (bicyclic) bond motifs is 8. The highest BCUT2D eigenvalue weighted by atomic mass is 16.5. The van der Waals surface area contributed by atoms with Gasteiger partial charge in [-0.2, -0.15) is 0 Å². The zero-order chi connectivity index (χ0) is 38.3. The molecule has 1 fully saturated rings. The number of phenols is 1. The van der Waals surface area contributed by atoms with Crippen molar-refractivity contribution in [3.05, 3.63) is 75.6 Å². The van der Waals surface area contributed by atoms with Crippen LogP contribution in [-0.4, -0.2) is 63.4 Å². The van der Waals surface area contributed by atoms with Crippen LogP contribution in [0.15, 0.2) is 52.8 Å². The molecule has 1 aliphatic carbocycles. The molecule has 55 heavy (non-hydrogen) atoms. The van der Waals surface area contributed by atoms with E-state index in [-0.39, 0.29) is 49.1 Å². The monoisotopic (exact) mass is 747 g/mol. The Labute approximate surface area is 322 Å². The van der Waals surface area contributed by atoms with Crippen LogP contribution in [0.1, 0.15) is 105 Å². The number of rotatable bonds is 9. The Morgan fingerprint density at radius 2 is 1.95 bits per heavy atom. The molecule has 1 saturated carbocycles. The van der Waals surface area contributed by atoms with Crippen molar-refractivity contribution in [2.24, 2.45) is 22.1 Å². The van der Waals surface area contributed by atoms with Crippen LogP contribution in [-0.2, 0) is 24.1 Å². The maximum atomic E-state index is 12.9. The first kappa shape index (κ1) is 37.5. The molecule has 0 amide bonds. The number of aliphatic hydroxyl groups excluding tert-OH is 3. The van der Waals surface area contributed by atoms with Gasteiger partial charge in [-0.3, -0.25) is 20.0 Å². The summed E-state index contributed by atoms with van der Waals surface area (Å²) in [6, 6.07) is 7.18. The summed E-state index contributed by atoms with van der Waals surface area (Å²) in [5, 5.41) is 46.9. The van der Waals surface area contributed by atoms with Gasteiger partial charge in [0.05, 0.1) is 29.4 Å². The minimum atomic E-state index is -1.05. The topological polar surface area (TPSA) is 171 Å². The molecule has 8 rings (SSSR count). The van der Waals surface area contributed by atoms with Gasteiger partial charge in [-0.05, 0) is 78.0 Å². The third-order valence-electron chi connectivity index (χ3n) is 12.3. The molecule has 7 atom stereocenters. The molecule has 2 bridgehead atoms. The van der Waals surface area contributed by atoms with Crippen molar-refractivity contribution in [1.29, 1.82) is 0 Å². The molecule has 0 saturated heterocycles. The minimum absolute atomic E-state index is 0.0456. The van der Waals surface area contributed by atoms with Crippen molar-refractivity contribution in [3.63, 3.8) is 0 Å². The predicted octanol–water partition coefficient (Wildman–Crippen LogP) is 2.95. The van der Waals surface area contributed by atoms with Gasteiger partial charge < -0.3 is 35.6 Å². The number of nitrogens with zero attached hydrogens (tertiary/aromatic N) is 1. The summed E-state index contributed by atoms with van der Waals surface area (Å²) in [7, 11) is 0. The molecule has 11 heteroatoms. The number of quaternary nitrogens is 1. The summed E-state index contributed by atoms with van der Waals surface area (Å²) >= 11 is 0. The lowest BCUT2D eigenvalue weighted by molar-refractivity contribution is -0.888. The van der Waals surface area contributed by atoms with Gasteiger partial charge in [-0.25, -0.2) is 0 Å². The van der Waals surface area contributed by atoms with Crippen LogP contribution >= 0.6 is 0 Å². The summed E-state index contributed by atoms with van der Waals surface area (Å²) < 4.78 is 13.1. The first-order chi connectivity index (χ1) is 26.6. The van der Waals surface area contributed by atoms with E-state index in [9.17, 15) is 25.2 Å². The SMILES string of the molecule is CCCC(O)CC(O)CC(=O)CCc1cc2c(cc1O)OC#CC1(CCCC1)C1C#CC(O)c3ccc4c(c3CC3=CN=C5C[NH+](C=C35)C1O2)CCNC4N. The Morgan fingerprint density at radius 1 is 1.13 bits per heavy atom. The van der Waals surface area contributed by atoms with E-state index < -0.39 is 35.9 Å². The zero-order valence-electron chi connectivity index (χ0n) is 31.4. The number of ether oxygens (including phenoxy) is 2. The molecule has 11 nitrogen and oxygen atoms in total. The smallest absolute Gasteiger partial charge is 0.252 e. The number of nitrogens with one attached hydrogen (secondary N) is 2. The number of carbonyl (C=O) groups excluding carboxylic acids is 1. The van der Waals surface area contributed by atoms with Crippen molar-refractivity contribution >= 4 is 11.5 Å². The van der Waals surface area contributed by atoms with Crippen LogP contribution in [0.4, 0.5) is 0 Å². The molecule has 288 valence electrons. The van der Waals surface area contributed by atoms with E-state index in [1.54, 1.807) is 6.07 Å². The number of aliphatic hydroxyl groups is 3. The predicted molar refractivity (Wildman–Crippen MR) is 206 cm³/mol. The second kappa shape index (κ2) is 15.6. The Bertz CT molecular complexity index is 2080. The maximum absolute atomic E-state index is 12.9. The molecule has 6 aliphatic rings. The molecule has 0 aromatic heterocycles. The Kier molecular flexibility index (Phi) is 10.6. The number of benzene rings is 2. The number of ketones is 1. The van der Waals surface area contributed by atoms with E-state index in [1.807, 2.05) is 25.3 Å². The number of aliphatic imine (C=N–C) groups is 1. The second-order valence-corrected chi connectivity index (χ2v) is 16.0. The van der Waals surface area contributed by atoms with Gasteiger partial charge in [-0.1, -0.05) is 56.1 Å². The standard InChI is InChI=1S/C44H50N4O7/c1-2-5-28(49)20-30(51)21-29(50)7-6-26-19-41-40(22-39(26)53)54-17-15-44(13-3-4-14-44)36-10-11-38(52)32-8-9-33-31(12-16-46-42(33)45)34(32)18-27-23-47-37-25-48(24-35(27)37)43(36)55-41/h8-9,19,22-24,28,30,36,38,42-43,46,49,51-53H,2-7,12-14,16,18,20-21,25,45H2,1H3/p+1. The summed E-state index contributed by atoms with van der Waals surface area (Å²) in [6.45, 7) is 3.29. The lowest BCUT2D eigenvalue weighted by atomic mass is 9.73. The van der Waals surface area contributed by atoms with Gasteiger partial charge in [0.2, 0.25) is 0 Å². The molecule has 2 aromatic rings. The van der Waals surface area contributed by atoms with E-state index >= 15 is 0 Å². The lowest BCUT2D eigenvalue weighted by Crippen LogP contribution is -3.13. The number of carbonyl (C=O) groups is 1. The van der Waals surface area contributed by atoms with E-state index in [0.717, 1.165) is 89.1 Å². The number of aromatic hydroxyl groups is 1. The highest BCUT2D eigenvalue weighted by molar-refractivity contribution is 6.08. The van der Waals surface area contributed by atoms with Crippen LogP contribution in [0.2, 0.25) is 0 Å². The van der Waals surface area contributed by atoms with Crippen LogP contribution in [0.25, 0.3) is 0 Å². The lowest BCUT2D eigenvalue weighted by Gasteiger charge is -2.36. The minimum Gasteiger partial charge on any atom is -0.508 e. The van der Waals surface area contributed by atoms with Gasteiger partial charge in [0.1, 0.15) is 48.1 Å². The Balaban J connectivity index is 1.16. The molecule has 2 aromatic carbocycles. The molecule has 0 radical (unpaired) electrons. The third-order valence-corrected chi connectivity index (χ3v) is 12.3. The van der Waals surface area contributed by atoms with Gasteiger partial charge in [0, 0.05) is 38.1 Å². The maximum Gasteiger partial charge on any atom is 0.252 e. The molecule has 7 unspecified atom stereocenters. The van der Waals surface area contributed by atoms with E-state index in [1.165, 1.54) is 6.07 Å². The largest absolute Gasteiger partial charge is 0.508 e. The van der Waals surface area contributed by atoms with Crippen molar-refractivity contribution in [2.45, 2.75) is 115 Å². The van der Waals surface area contributed by atoms with Crippen LogP contribution in [0, 0.1) is 35.2 Å². The fraction of sp³-hybridized carbons (Fsp3) is 0.500. The van der Waals surface area contributed by atoms with Gasteiger partial charge >= 0.3 is 0 Å². The molecule has 8 N–H and O–H groups in total. The summed E-state index contributed by atoms with van der Waals surface area (Å²) in [5.74, 6) is 10.3. The van der Waals surface area contributed by atoms with Crippen LogP contribution < -0.4 is 25.4 Å². The summed E-state index contributed by atoms with van der Waals surface area (Å²) in [5.41, 5.74) is 13.6. The zero-order valence-corrected chi connectivity index (χ0v) is 31.4. The molecule has 5 heterocycles. The van der Waals surface area contributed by atoms with Gasteiger partial charge in [0.15, 0.2) is 11.5 Å². The number of phenolic OH excluding ortho intramolecular Hbond substituents is 1. The number of hydrogen-bond donors (Lipinski definition) is 7. The average Bonchev–Trinajstić information content (AvgIpc) is 3.90. The quantitative estimate of drug-likeness (QED) is 0.191. The Morgan fingerprint density at radius 3 is 2.76 bits per heavy atom. The second-order valence-electron chi connectivity index (χ2n) is 16.0. The van der Waals surface area contributed by atoms with Gasteiger partial charge in [0.25, 0.3) is 6.23 Å². The molecular formula is C44H51N4O7+. The number of hydrogen-bond acceptors (Lipinski definition) is 10. The Hall–Kier alpha value is -4.46. The molecular weight excluding hydrogens is 697 g/mol. The van der Waals surface area contributed by atoms with E-state index in [2.05, 4.69) is 35.4 Å². The normalized spacial score (nSPS) is 26.6. The number of nitrogens with two attached hydrogens (primary N) is 1. The molecule has 5 aliphatic heterocycles. The highest BCUT2D eigenvalue weighted by Crippen LogP contribution is 2.47. The average molecular weight is 748 g/mol. The molecule has 1 spiro atoms. The first-order valence-electron chi connectivity index (χ1n) is 19.9. The van der Waals surface area contributed by atoms with Crippen molar-refractivity contribution in [3.8, 4) is 41.1 Å². The summed E-state index contributed by atoms with van der Waals surface area (Å²) in [6.07, 6.45) is 10.3. The number of allylic oxidation sites excluding steroid dienone is 1. The van der Waals surface area contributed by atoms with E-state index in [4.69, 9.17) is 20.2 Å². The highest BCUT2D eigenvalue weighted by Gasteiger charge is 2.51. The van der Waals surface area contributed by atoms with Crippen LogP contribution in [0.3, 0.4) is 0 Å². The van der Waals surface area contributed by atoms with Crippen molar-refractivity contribution < 1.29 is 39.6 Å². The summed E-state index contributed by atoms with van der Waals surface area (Å²) in [4.78, 5) is 18.8. The van der Waals surface area contributed by atoms with Gasteiger partial charge in [-0.15, -0.1) is 0 Å². The van der Waals surface area contributed by atoms with E-state index in [0.29, 0.717) is 30.7 Å². The van der Waals surface area contributed by atoms with Crippen LogP contribution in [0.5, 0.6) is 17.2 Å².